The Labute approximate surface area is 196 Å². The number of hydrogen-bond donors (Lipinski definition) is 1. The number of nitrogens with zero attached hydrogens (tertiary/aromatic N) is 3. The van der Waals surface area contributed by atoms with E-state index >= 15 is 0 Å². The SMILES string of the molecule is CCOC(=O)NCCC(=O)N1CCN(CC(=O)ON2C(=O)CCC2=O)C(COC(=O)COC)C1. The van der Waals surface area contributed by atoms with Gasteiger partial charge in [0, 0.05) is 52.6 Å². The molecule has 0 aromatic carbocycles. The summed E-state index contributed by atoms with van der Waals surface area (Å²) < 4.78 is 14.7. The molecule has 1 N–H and O–H groups in total. The smallest absolute Gasteiger partial charge is 0.407 e. The minimum atomic E-state index is -0.824. The molecule has 1 unspecified atom stereocenters. The molecule has 2 fully saturated rings. The van der Waals surface area contributed by atoms with Gasteiger partial charge in [-0.1, -0.05) is 0 Å². The van der Waals surface area contributed by atoms with Gasteiger partial charge in [0.05, 0.1) is 19.2 Å². The summed E-state index contributed by atoms with van der Waals surface area (Å²) in [5.74, 6) is -2.85. The van der Waals surface area contributed by atoms with Crippen LogP contribution in [-0.2, 0) is 43.0 Å². The fourth-order valence-electron chi connectivity index (χ4n) is 3.40. The minimum absolute atomic E-state index is 0.0179. The van der Waals surface area contributed by atoms with Crippen molar-refractivity contribution in [2.24, 2.45) is 0 Å². The van der Waals surface area contributed by atoms with E-state index < -0.39 is 35.9 Å². The number of hydroxylamine groups is 2. The normalized spacial score (nSPS) is 18.6. The van der Waals surface area contributed by atoms with Gasteiger partial charge in [-0.3, -0.25) is 19.3 Å². The molecule has 0 radical (unpaired) electrons. The Morgan fingerprint density at radius 2 is 1.74 bits per heavy atom. The summed E-state index contributed by atoms with van der Waals surface area (Å²) in [5, 5.41) is 2.94. The van der Waals surface area contributed by atoms with Crippen LogP contribution in [0.15, 0.2) is 0 Å². The summed E-state index contributed by atoms with van der Waals surface area (Å²) >= 11 is 0. The molecule has 4 amide bonds. The number of alkyl carbamates (subject to hydrolysis) is 1. The molecule has 34 heavy (non-hydrogen) atoms. The molecule has 14 nitrogen and oxygen atoms in total. The lowest BCUT2D eigenvalue weighted by atomic mass is 10.1. The molecule has 2 aliphatic rings. The number of amides is 4. The van der Waals surface area contributed by atoms with Crippen molar-refractivity contribution in [1.29, 1.82) is 0 Å². The van der Waals surface area contributed by atoms with Gasteiger partial charge in [-0.25, -0.2) is 14.4 Å². The van der Waals surface area contributed by atoms with E-state index in [-0.39, 0.29) is 77.7 Å². The molecule has 1 atom stereocenters. The number of nitrogens with one attached hydrogen (secondary N) is 1. The van der Waals surface area contributed by atoms with Crippen molar-refractivity contribution >= 4 is 35.8 Å². The van der Waals surface area contributed by atoms with Crippen LogP contribution in [0.1, 0.15) is 26.2 Å². The average molecular weight is 486 g/mol. The summed E-state index contributed by atoms with van der Waals surface area (Å²) in [6.07, 6.45) is -0.612. The molecule has 0 saturated carbocycles. The van der Waals surface area contributed by atoms with Crippen LogP contribution in [0.4, 0.5) is 4.79 Å². The Morgan fingerprint density at radius 3 is 2.38 bits per heavy atom. The number of carbonyl (C=O) groups is 6. The van der Waals surface area contributed by atoms with Crippen molar-refractivity contribution in [3.63, 3.8) is 0 Å². The first-order valence-electron chi connectivity index (χ1n) is 10.9. The lowest BCUT2D eigenvalue weighted by Gasteiger charge is -2.40. The standard InChI is InChI=1S/C20H30N4O10/c1-3-32-20(30)21-7-6-15(25)23-9-8-22(14(10-23)12-33-19(29)13-31-2)11-18(28)34-24-16(26)4-5-17(24)27/h14H,3-13H2,1-2H3,(H,21,30). The van der Waals surface area contributed by atoms with Crippen molar-refractivity contribution in [2.45, 2.75) is 32.2 Å². The fraction of sp³-hybridized carbons (Fsp3) is 0.700. The highest BCUT2D eigenvalue weighted by molar-refractivity contribution is 6.01. The third kappa shape index (κ3) is 8.26. The number of carbonyl (C=O) groups excluding carboxylic acids is 6. The molecule has 0 spiro atoms. The molecule has 0 aromatic rings. The van der Waals surface area contributed by atoms with E-state index in [1.807, 2.05) is 0 Å². The highest BCUT2D eigenvalue weighted by Gasteiger charge is 2.35. The van der Waals surface area contributed by atoms with E-state index in [1.165, 1.54) is 12.0 Å². The fourth-order valence-corrected chi connectivity index (χ4v) is 3.40. The van der Waals surface area contributed by atoms with E-state index in [9.17, 15) is 28.8 Å². The molecule has 2 heterocycles. The predicted octanol–water partition coefficient (Wildman–Crippen LogP) is -1.57. The number of imide groups is 1. The van der Waals surface area contributed by atoms with E-state index in [0.717, 1.165) is 0 Å². The quantitative estimate of drug-likeness (QED) is 0.265. The van der Waals surface area contributed by atoms with Crippen LogP contribution in [0, 0.1) is 0 Å². The van der Waals surface area contributed by atoms with Gasteiger partial charge >= 0.3 is 18.0 Å². The summed E-state index contributed by atoms with van der Waals surface area (Å²) in [5.41, 5.74) is 0. The van der Waals surface area contributed by atoms with E-state index in [1.54, 1.807) is 11.8 Å². The van der Waals surface area contributed by atoms with Crippen LogP contribution in [0.2, 0.25) is 0 Å². The zero-order valence-corrected chi connectivity index (χ0v) is 19.3. The second-order valence-corrected chi connectivity index (χ2v) is 7.52. The number of hydrogen-bond acceptors (Lipinski definition) is 11. The first-order valence-corrected chi connectivity index (χ1v) is 10.9. The average Bonchev–Trinajstić information content (AvgIpc) is 3.10. The number of rotatable bonds is 11. The zero-order valence-electron chi connectivity index (χ0n) is 19.3. The van der Waals surface area contributed by atoms with Crippen molar-refractivity contribution < 1.29 is 47.8 Å². The summed E-state index contributed by atoms with van der Waals surface area (Å²) in [7, 11) is 1.34. The highest BCUT2D eigenvalue weighted by atomic mass is 16.7. The molecular weight excluding hydrogens is 456 g/mol. The number of ether oxygens (including phenoxy) is 3. The van der Waals surface area contributed by atoms with E-state index in [0.29, 0.717) is 5.06 Å². The van der Waals surface area contributed by atoms with Crippen molar-refractivity contribution in [2.75, 3.05) is 59.7 Å². The lowest BCUT2D eigenvalue weighted by Crippen LogP contribution is -2.58. The van der Waals surface area contributed by atoms with Gasteiger partial charge < -0.3 is 29.3 Å². The van der Waals surface area contributed by atoms with E-state index in [2.05, 4.69) is 5.32 Å². The van der Waals surface area contributed by atoms with Crippen molar-refractivity contribution in [1.82, 2.24) is 20.2 Å². The molecule has 0 aromatic heterocycles. The van der Waals surface area contributed by atoms with Crippen LogP contribution in [0.25, 0.3) is 0 Å². The van der Waals surface area contributed by atoms with Gasteiger partial charge in [-0.2, -0.15) is 0 Å². The molecule has 0 bridgehead atoms. The first-order chi connectivity index (χ1) is 16.2. The Hall–Kier alpha value is -3.26. The van der Waals surface area contributed by atoms with Crippen LogP contribution in [-0.4, -0.2) is 116 Å². The Kier molecular flexibility index (Phi) is 10.7. The molecule has 2 aliphatic heterocycles. The topological polar surface area (TPSA) is 161 Å². The second kappa shape index (κ2) is 13.4. The zero-order chi connectivity index (χ0) is 25.1. The Morgan fingerprint density at radius 1 is 1.03 bits per heavy atom. The maximum absolute atomic E-state index is 12.6. The van der Waals surface area contributed by atoms with Gasteiger partial charge in [0.2, 0.25) is 5.91 Å². The minimum Gasteiger partial charge on any atom is -0.462 e. The first kappa shape index (κ1) is 27.0. The third-order valence-corrected chi connectivity index (χ3v) is 5.07. The number of piperazine rings is 1. The molecule has 14 heteroatoms. The third-order valence-electron chi connectivity index (χ3n) is 5.07. The summed E-state index contributed by atoms with van der Waals surface area (Å²) in [4.78, 5) is 79.4. The largest absolute Gasteiger partial charge is 0.462 e. The molecule has 0 aliphatic carbocycles. The molecular formula is C20H30N4O10. The second-order valence-electron chi connectivity index (χ2n) is 7.52. The van der Waals surface area contributed by atoms with Gasteiger partial charge in [0.15, 0.2) is 0 Å². The van der Waals surface area contributed by atoms with Crippen molar-refractivity contribution in [3.05, 3.63) is 0 Å². The van der Waals surface area contributed by atoms with Gasteiger partial charge in [0.1, 0.15) is 13.2 Å². The molecule has 2 saturated heterocycles. The van der Waals surface area contributed by atoms with Crippen LogP contribution >= 0.6 is 0 Å². The monoisotopic (exact) mass is 486 g/mol. The lowest BCUT2D eigenvalue weighted by molar-refractivity contribution is -0.199. The van der Waals surface area contributed by atoms with Gasteiger partial charge in [0.25, 0.3) is 11.8 Å². The Balaban J connectivity index is 1.93. The molecule has 2 rings (SSSR count). The highest BCUT2D eigenvalue weighted by Crippen LogP contribution is 2.15. The molecule has 190 valence electrons. The maximum atomic E-state index is 12.6. The van der Waals surface area contributed by atoms with Crippen LogP contribution < -0.4 is 5.32 Å². The maximum Gasteiger partial charge on any atom is 0.407 e. The summed E-state index contributed by atoms with van der Waals surface area (Å²) in [6.45, 7) is 1.99. The number of esters is 1. The van der Waals surface area contributed by atoms with Crippen molar-refractivity contribution in [3.8, 4) is 0 Å². The van der Waals surface area contributed by atoms with Crippen LogP contribution in [0.3, 0.4) is 0 Å². The van der Waals surface area contributed by atoms with Gasteiger partial charge in [-0.15, -0.1) is 5.06 Å². The van der Waals surface area contributed by atoms with Crippen LogP contribution in [0.5, 0.6) is 0 Å². The van der Waals surface area contributed by atoms with E-state index in [4.69, 9.17) is 19.0 Å². The Bertz CT molecular complexity index is 773. The summed E-state index contributed by atoms with van der Waals surface area (Å²) in [6, 6.07) is -0.547. The predicted molar refractivity (Wildman–Crippen MR) is 112 cm³/mol. The van der Waals surface area contributed by atoms with Gasteiger partial charge in [-0.05, 0) is 6.92 Å². The number of methoxy groups -OCH3 is 1.